The molecule has 0 fully saturated rings. The second kappa shape index (κ2) is 4.31. The molecule has 0 spiro atoms. The fourth-order valence-corrected chi connectivity index (χ4v) is 2.06. The molecule has 0 bridgehead atoms. The Morgan fingerprint density at radius 2 is 2.31 bits per heavy atom. The fourth-order valence-electron chi connectivity index (χ4n) is 1.79. The molecule has 0 amide bonds. The van der Waals surface area contributed by atoms with Crippen LogP contribution in [0, 0.1) is 0 Å². The molecule has 0 saturated heterocycles. The van der Waals surface area contributed by atoms with Crippen LogP contribution in [-0.4, -0.2) is 28.9 Å². The molecule has 2 N–H and O–H groups in total. The number of benzene rings is 1. The van der Waals surface area contributed by atoms with Crippen molar-refractivity contribution in [2.45, 2.75) is 18.9 Å². The van der Waals surface area contributed by atoms with E-state index in [4.69, 9.17) is 21.4 Å². The van der Waals surface area contributed by atoms with E-state index in [9.17, 15) is 9.90 Å². The number of rotatable bonds is 3. The highest BCUT2D eigenvalue weighted by atomic mass is 35.5. The number of hydrogen-bond acceptors (Lipinski definition) is 3. The van der Waals surface area contributed by atoms with Crippen LogP contribution >= 0.6 is 11.6 Å². The fraction of sp³-hybridized carbons (Fsp3) is 0.364. The summed E-state index contributed by atoms with van der Waals surface area (Å²) in [5, 5.41) is 18.5. The summed E-state index contributed by atoms with van der Waals surface area (Å²) < 4.78 is 5.40. The molecule has 1 atom stereocenters. The van der Waals surface area contributed by atoms with Crippen LogP contribution in [0.1, 0.15) is 11.1 Å². The molecule has 0 aromatic heterocycles. The minimum atomic E-state index is -1.42. The molecule has 16 heavy (non-hydrogen) atoms. The van der Waals surface area contributed by atoms with Gasteiger partial charge in [0.15, 0.2) is 6.10 Å². The van der Waals surface area contributed by atoms with Gasteiger partial charge in [0.05, 0.1) is 6.61 Å². The SMILES string of the molecule is O=C(O)C(O)Cc1cc(Cl)cc2c1OCC2. The largest absolute Gasteiger partial charge is 0.493 e. The van der Waals surface area contributed by atoms with Crippen molar-refractivity contribution in [1.29, 1.82) is 0 Å². The summed E-state index contributed by atoms with van der Waals surface area (Å²) in [5.74, 6) is -0.573. The Morgan fingerprint density at radius 3 is 3.00 bits per heavy atom. The second-order valence-corrected chi connectivity index (χ2v) is 4.15. The molecule has 1 heterocycles. The minimum absolute atomic E-state index is 0.0121. The van der Waals surface area contributed by atoms with Crippen LogP contribution < -0.4 is 4.74 Å². The smallest absolute Gasteiger partial charge is 0.332 e. The monoisotopic (exact) mass is 242 g/mol. The van der Waals surface area contributed by atoms with Gasteiger partial charge in [0.2, 0.25) is 0 Å². The zero-order valence-corrected chi connectivity index (χ0v) is 9.20. The van der Waals surface area contributed by atoms with E-state index in [2.05, 4.69) is 0 Å². The molecule has 1 aliphatic heterocycles. The maximum Gasteiger partial charge on any atom is 0.332 e. The summed E-state index contributed by atoms with van der Waals surface area (Å²) in [6, 6.07) is 3.44. The highest BCUT2D eigenvalue weighted by molar-refractivity contribution is 6.30. The Labute approximate surface area is 97.4 Å². The lowest BCUT2D eigenvalue weighted by atomic mass is 10.0. The van der Waals surface area contributed by atoms with Gasteiger partial charge >= 0.3 is 5.97 Å². The molecule has 0 saturated carbocycles. The van der Waals surface area contributed by atoms with E-state index >= 15 is 0 Å². The average molecular weight is 243 g/mol. The number of carboxylic acid groups (broad SMARTS) is 1. The maximum absolute atomic E-state index is 10.6. The maximum atomic E-state index is 10.6. The Morgan fingerprint density at radius 1 is 1.56 bits per heavy atom. The predicted octanol–water partition coefficient (Wildman–Crippen LogP) is 1.26. The third kappa shape index (κ3) is 2.13. The molecule has 4 nitrogen and oxygen atoms in total. The normalized spacial score (nSPS) is 15.4. The topological polar surface area (TPSA) is 66.8 Å². The molecule has 86 valence electrons. The predicted molar refractivity (Wildman–Crippen MR) is 58.0 cm³/mol. The van der Waals surface area contributed by atoms with Gasteiger partial charge in [-0.05, 0) is 23.3 Å². The second-order valence-electron chi connectivity index (χ2n) is 3.71. The van der Waals surface area contributed by atoms with E-state index in [0.29, 0.717) is 22.9 Å². The number of carboxylic acids is 1. The molecule has 1 aromatic carbocycles. The number of aliphatic hydroxyl groups excluding tert-OH is 1. The van der Waals surface area contributed by atoms with Crippen LogP contribution in [0.25, 0.3) is 0 Å². The van der Waals surface area contributed by atoms with Gasteiger partial charge in [-0.3, -0.25) is 0 Å². The van der Waals surface area contributed by atoms with Crippen molar-refractivity contribution in [1.82, 2.24) is 0 Å². The number of halogens is 1. The Hall–Kier alpha value is -1.26. The van der Waals surface area contributed by atoms with Crippen molar-refractivity contribution in [2.75, 3.05) is 6.61 Å². The highest BCUT2D eigenvalue weighted by Gasteiger charge is 2.22. The summed E-state index contributed by atoms with van der Waals surface area (Å²) in [6.07, 6.45) is -0.642. The number of carbonyl (C=O) groups is 1. The van der Waals surface area contributed by atoms with Crippen LogP contribution in [0.15, 0.2) is 12.1 Å². The zero-order chi connectivity index (χ0) is 11.7. The van der Waals surface area contributed by atoms with Crippen molar-refractivity contribution in [3.63, 3.8) is 0 Å². The summed E-state index contributed by atoms with van der Waals surface area (Å²) in [6.45, 7) is 0.575. The third-order valence-electron chi connectivity index (χ3n) is 2.52. The Kier molecular flexibility index (Phi) is 3.03. The van der Waals surface area contributed by atoms with E-state index in [1.54, 1.807) is 12.1 Å². The molecule has 1 unspecified atom stereocenters. The molecule has 0 aliphatic carbocycles. The van der Waals surface area contributed by atoms with Gasteiger partial charge in [-0.25, -0.2) is 4.79 Å². The van der Waals surface area contributed by atoms with Crippen LogP contribution in [0.5, 0.6) is 5.75 Å². The molecule has 0 radical (unpaired) electrons. The lowest BCUT2D eigenvalue weighted by molar-refractivity contribution is -0.146. The van der Waals surface area contributed by atoms with Gasteiger partial charge in [0.25, 0.3) is 0 Å². The molecule has 1 aromatic rings. The Bertz CT molecular complexity index is 430. The van der Waals surface area contributed by atoms with Crippen molar-refractivity contribution in [3.8, 4) is 5.75 Å². The summed E-state index contributed by atoms with van der Waals surface area (Å²) in [7, 11) is 0. The van der Waals surface area contributed by atoms with E-state index in [-0.39, 0.29) is 6.42 Å². The van der Waals surface area contributed by atoms with Crippen molar-refractivity contribution in [3.05, 3.63) is 28.3 Å². The van der Waals surface area contributed by atoms with Crippen LogP contribution in [0.2, 0.25) is 5.02 Å². The molecule has 5 heteroatoms. The van der Waals surface area contributed by atoms with Crippen LogP contribution in [0.3, 0.4) is 0 Å². The number of hydrogen-bond donors (Lipinski definition) is 2. The first-order valence-corrected chi connectivity index (χ1v) is 5.30. The van der Waals surface area contributed by atoms with Gasteiger partial charge in [0.1, 0.15) is 5.75 Å². The average Bonchev–Trinajstić information content (AvgIpc) is 2.65. The minimum Gasteiger partial charge on any atom is -0.493 e. The molecular formula is C11H11ClO4. The lowest BCUT2D eigenvalue weighted by Gasteiger charge is -2.10. The molecular weight excluding hydrogens is 232 g/mol. The van der Waals surface area contributed by atoms with E-state index < -0.39 is 12.1 Å². The summed E-state index contributed by atoms with van der Waals surface area (Å²) >= 11 is 5.91. The highest BCUT2D eigenvalue weighted by Crippen LogP contribution is 2.33. The number of fused-ring (bicyclic) bond motifs is 1. The first-order chi connectivity index (χ1) is 7.58. The van der Waals surface area contributed by atoms with E-state index in [1.807, 2.05) is 0 Å². The van der Waals surface area contributed by atoms with Crippen molar-refractivity contribution >= 4 is 17.6 Å². The number of aliphatic carboxylic acids is 1. The molecule has 1 aliphatic rings. The van der Waals surface area contributed by atoms with Crippen LogP contribution in [-0.2, 0) is 17.6 Å². The van der Waals surface area contributed by atoms with Crippen molar-refractivity contribution in [2.24, 2.45) is 0 Å². The van der Waals surface area contributed by atoms with Gasteiger partial charge in [-0.15, -0.1) is 0 Å². The summed E-state index contributed by atoms with van der Waals surface area (Å²) in [5.41, 5.74) is 1.62. The number of aliphatic hydroxyl groups is 1. The Balaban J connectivity index is 2.30. The van der Waals surface area contributed by atoms with Gasteiger partial charge in [0, 0.05) is 17.9 Å². The van der Waals surface area contributed by atoms with E-state index in [1.165, 1.54) is 0 Å². The molecule has 2 rings (SSSR count). The third-order valence-corrected chi connectivity index (χ3v) is 2.74. The lowest BCUT2D eigenvalue weighted by Crippen LogP contribution is -2.22. The first-order valence-electron chi connectivity index (χ1n) is 4.93. The van der Waals surface area contributed by atoms with Gasteiger partial charge in [-0.2, -0.15) is 0 Å². The summed E-state index contributed by atoms with van der Waals surface area (Å²) in [4.78, 5) is 10.6. The van der Waals surface area contributed by atoms with Gasteiger partial charge in [-0.1, -0.05) is 11.6 Å². The number of ether oxygens (including phenoxy) is 1. The van der Waals surface area contributed by atoms with E-state index in [0.717, 1.165) is 12.0 Å². The first kappa shape index (κ1) is 11.2. The van der Waals surface area contributed by atoms with Crippen molar-refractivity contribution < 1.29 is 19.7 Å². The van der Waals surface area contributed by atoms with Gasteiger partial charge < -0.3 is 14.9 Å². The zero-order valence-electron chi connectivity index (χ0n) is 8.44. The standard InChI is InChI=1S/C11H11ClO4/c12-8-3-6-1-2-16-10(6)7(4-8)5-9(13)11(14)15/h3-4,9,13H,1-2,5H2,(H,14,15). The quantitative estimate of drug-likeness (QED) is 0.838. The van der Waals surface area contributed by atoms with Crippen LogP contribution in [0.4, 0.5) is 0 Å².